The second kappa shape index (κ2) is 6.97. The highest BCUT2D eigenvalue weighted by Crippen LogP contribution is 2.16. The Hall–Kier alpha value is -0.480. The fourth-order valence-electron chi connectivity index (χ4n) is 1.47. The first-order chi connectivity index (χ1) is 7.65. The van der Waals surface area contributed by atoms with Crippen molar-refractivity contribution in [2.45, 2.75) is 31.3 Å². The molecule has 16 heavy (non-hydrogen) atoms. The number of hydrogen-bond acceptors (Lipinski definition) is 4. The molecule has 0 aliphatic rings. The Morgan fingerprint density at radius 1 is 1.44 bits per heavy atom. The molecule has 1 N–H and O–H groups in total. The van der Waals surface area contributed by atoms with Gasteiger partial charge in [0.15, 0.2) is 0 Å². The minimum absolute atomic E-state index is 0.270. The van der Waals surface area contributed by atoms with Gasteiger partial charge in [0.25, 0.3) is 0 Å². The quantitative estimate of drug-likeness (QED) is 0.483. The third kappa shape index (κ3) is 4.58. The molecule has 1 rings (SSSR count). The van der Waals surface area contributed by atoms with E-state index in [1.165, 1.54) is 0 Å². The highest BCUT2D eigenvalue weighted by molar-refractivity contribution is 7.98. The van der Waals surface area contributed by atoms with Gasteiger partial charge in [0, 0.05) is 18.0 Å². The predicted octanol–water partition coefficient (Wildman–Crippen LogP) is 3.26. The van der Waals surface area contributed by atoms with Gasteiger partial charge in [0.2, 0.25) is 0 Å². The Balaban J connectivity index is 2.62. The number of nitrogens with one attached hydrogen (secondary N) is 1. The lowest BCUT2D eigenvalue weighted by Gasteiger charge is -2.18. The number of alkyl halides is 1. The van der Waals surface area contributed by atoms with E-state index in [2.05, 4.69) is 29.1 Å². The fourth-order valence-corrected chi connectivity index (χ4v) is 2.05. The molecular formula is C11H18ClN3S. The second-order valence-corrected chi connectivity index (χ2v) is 5.21. The number of nitrogens with zero attached hydrogens (tertiary/aromatic N) is 2. The van der Waals surface area contributed by atoms with Gasteiger partial charge in [-0.1, -0.05) is 13.8 Å². The van der Waals surface area contributed by atoms with Gasteiger partial charge < -0.3 is 5.32 Å². The lowest BCUT2D eigenvalue weighted by molar-refractivity contribution is 0.541. The van der Waals surface area contributed by atoms with Crippen molar-refractivity contribution in [2.24, 2.45) is 5.92 Å². The van der Waals surface area contributed by atoms with Crippen LogP contribution in [0.4, 0.5) is 5.82 Å². The predicted molar refractivity (Wildman–Crippen MR) is 71.4 cm³/mol. The molecule has 1 aromatic rings. The van der Waals surface area contributed by atoms with E-state index in [0.717, 1.165) is 17.3 Å². The van der Waals surface area contributed by atoms with Crippen molar-refractivity contribution in [2.75, 3.05) is 17.5 Å². The minimum atomic E-state index is 0.270. The van der Waals surface area contributed by atoms with E-state index in [4.69, 9.17) is 11.6 Å². The van der Waals surface area contributed by atoms with Gasteiger partial charge in [-0.3, -0.25) is 0 Å². The average Bonchev–Trinajstić information content (AvgIpc) is 2.28. The maximum Gasteiger partial charge on any atom is 0.130 e. The van der Waals surface area contributed by atoms with Crippen LogP contribution < -0.4 is 5.32 Å². The first-order valence-corrected chi connectivity index (χ1v) is 7.10. The number of halogens is 1. The summed E-state index contributed by atoms with van der Waals surface area (Å²) in [7, 11) is 0. The van der Waals surface area contributed by atoms with Crippen molar-refractivity contribution in [3.8, 4) is 0 Å². The summed E-state index contributed by atoms with van der Waals surface area (Å²) in [5.41, 5.74) is 0. The summed E-state index contributed by atoms with van der Waals surface area (Å²) in [6.45, 7) is 4.38. The third-order valence-corrected chi connectivity index (χ3v) is 3.16. The number of hydrogen-bond donors (Lipinski definition) is 1. The molecule has 1 atom stereocenters. The fraction of sp³-hybridized carbons (Fsp3) is 0.636. The monoisotopic (exact) mass is 259 g/mol. The van der Waals surface area contributed by atoms with E-state index >= 15 is 0 Å². The summed E-state index contributed by atoms with van der Waals surface area (Å²) in [6.07, 6.45) is 4.62. The lowest BCUT2D eigenvalue weighted by Crippen LogP contribution is -2.23. The molecule has 0 aliphatic heterocycles. The maximum absolute atomic E-state index is 5.92. The van der Waals surface area contributed by atoms with Crippen LogP contribution in [0.25, 0.3) is 0 Å². The summed E-state index contributed by atoms with van der Waals surface area (Å²) in [4.78, 5) is 8.32. The van der Waals surface area contributed by atoms with Crippen LogP contribution in [0, 0.1) is 5.92 Å². The standard InChI is InChI=1S/C11H18ClN3S/c1-8(2)4-9(6-12)15-10-5-11(16-3)14-7-13-10/h5,7-9H,4,6H2,1-3H3,(H,13,14,15). The normalized spacial score (nSPS) is 12.8. The molecule has 1 heterocycles. The molecule has 0 aliphatic carbocycles. The largest absolute Gasteiger partial charge is 0.366 e. The smallest absolute Gasteiger partial charge is 0.130 e. The summed E-state index contributed by atoms with van der Waals surface area (Å²) in [6, 6.07) is 2.22. The van der Waals surface area contributed by atoms with E-state index < -0.39 is 0 Å². The molecule has 0 aromatic carbocycles. The Morgan fingerprint density at radius 3 is 2.75 bits per heavy atom. The van der Waals surface area contributed by atoms with E-state index in [0.29, 0.717) is 11.8 Å². The van der Waals surface area contributed by atoms with Crippen LogP contribution >= 0.6 is 23.4 Å². The van der Waals surface area contributed by atoms with Crippen molar-refractivity contribution in [3.63, 3.8) is 0 Å². The zero-order valence-corrected chi connectivity index (χ0v) is 11.5. The Labute approximate surface area is 106 Å². The summed E-state index contributed by atoms with van der Waals surface area (Å²) < 4.78 is 0. The Kier molecular flexibility index (Phi) is 5.91. The molecule has 5 heteroatoms. The van der Waals surface area contributed by atoms with Gasteiger partial charge in [-0.05, 0) is 18.6 Å². The molecule has 0 fully saturated rings. The first kappa shape index (κ1) is 13.6. The van der Waals surface area contributed by atoms with Crippen LogP contribution in [0.1, 0.15) is 20.3 Å². The van der Waals surface area contributed by atoms with Gasteiger partial charge in [0.05, 0.1) is 0 Å². The van der Waals surface area contributed by atoms with Gasteiger partial charge in [0.1, 0.15) is 17.2 Å². The van der Waals surface area contributed by atoms with Gasteiger partial charge in [-0.2, -0.15) is 0 Å². The number of anilines is 1. The van der Waals surface area contributed by atoms with E-state index in [9.17, 15) is 0 Å². The highest BCUT2D eigenvalue weighted by atomic mass is 35.5. The summed E-state index contributed by atoms with van der Waals surface area (Å²) in [5.74, 6) is 2.07. The molecule has 90 valence electrons. The van der Waals surface area contributed by atoms with Gasteiger partial charge >= 0.3 is 0 Å². The van der Waals surface area contributed by atoms with Crippen molar-refractivity contribution < 1.29 is 0 Å². The third-order valence-electron chi connectivity index (χ3n) is 2.15. The lowest BCUT2D eigenvalue weighted by atomic mass is 10.1. The average molecular weight is 260 g/mol. The number of aromatic nitrogens is 2. The highest BCUT2D eigenvalue weighted by Gasteiger charge is 2.10. The molecule has 0 spiro atoms. The Bertz CT molecular complexity index is 320. The minimum Gasteiger partial charge on any atom is -0.366 e. The van der Waals surface area contributed by atoms with E-state index in [-0.39, 0.29) is 6.04 Å². The van der Waals surface area contributed by atoms with Crippen LogP contribution in [0.5, 0.6) is 0 Å². The van der Waals surface area contributed by atoms with Crippen LogP contribution in [0.2, 0.25) is 0 Å². The van der Waals surface area contributed by atoms with Crippen molar-refractivity contribution in [1.29, 1.82) is 0 Å². The van der Waals surface area contributed by atoms with Crippen LogP contribution in [0.3, 0.4) is 0 Å². The number of thioether (sulfide) groups is 1. The van der Waals surface area contributed by atoms with Crippen LogP contribution in [-0.4, -0.2) is 28.1 Å². The van der Waals surface area contributed by atoms with Crippen LogP contribution in [0.15, 0.2) is 17.4 Å². The number of rotatable bonds is 6. The Morgan fingerprint density at radius 2 is 2.19 bits per heavy atom. The summed E-state index contributed by atoms with van der Waals surface area (Å²) in [5, 5.41) is 4.31. The van der Waals surface area contributed by atoms with Crippen LogP contribution in [-0.2, 0) is 0 Å². The maximum atomic E-state index is 5.92. The molecule has 1 aromatic heterocycles. The molecule has 0 radical (unpaired) electrons. The zero-order valence-electron chi connectivity index (χ0n) is 9.90. The van der Waals surface area contributed by atoms with Crippen molar-refractivity contribution in [1.82, 2.24) is 9.97 Å². The van der Waals surface area contributed by atoms with Gasteiger partial charge in [-0.15, -0.1) is 23.4 Å². The molecule has 1 unspecified atom stereocenters. The topological polar surface area (TPSA) is 37.8 Å². The second-order valence-electron chi connectivity index (χ2n) is 4.07. The molecule has 3 nitrogen and oxygen atoms in total. The molecule has 0 saturated heterocycles. The first-order valence-electron chi connectivity index (χ1n) is 5.34. The zero-order chi connectivity index (χ0) is 12.0. The van der Waals surface area contributed by atoms with Crippen molar-refractivity contribution >= 4 is 29.2 Å². The molecular weight excluding hydrogens is 242 g/mol. The van der Waals surface area contributed by atoms with Crippen molar-refractivity contribution in [3.05, 3.63) is 12.4 Å². The van der Waals surface area contributed by atoms with E-state index in [1.54, 1.807) is 18.1 Å². The summed E-state index contributed by atoms with van der Waals surface area (Å²) >= 11 is 7.53. The van der Waals surface area contributed by atoms with Gasteiger partial charge in [-0.25, -0.2) is 9.97 Å². The molecule has 0 saturated carbocycles. The van der Waals surface area contributed by atoms with E-state index in [1.807, 2.05) is 12.3 Å². The molecule has 0 amide bonds. The molecule has 0 bridgehead atoms. The SMILES string of the molecule is CSc1cc(NC(CCl)CC(C)C)ncn1.